The predicted molar refractivity (Wildman–Crippen MR) is 131 cm³/mol. The van der Waals surface area contributed by atoms with Crippen LogP contribution in [0.25, 0.3) is 0 Å². The summed E-state index contributed by atoms with van der Waals surface area (Å²) in [7, 11) is -1.12. The van der Waals surface area contributed by atoms with Gasteiger partial charge in [-0.15, -0.1) is 0 Å². The zero-order valence-corrected chi connectivity index (χ0v) is 21.5. The maximum atomic E-state index is 13.4. The first kappa shape index (κ1) is 27.0. The van der Waals surface area contributed by atoms with Crippen LogP contribution in [0.4, 0.5) is 5.69 Å². The van der Waals surface area contributed by atoms with Gasteiger partial charge in [-0.3, -0.25) is 13.9 Å². The van der Waals surface area contributed by atoms with E-state index < -0.39 is 34.4 Å². The molecule has 0 aliphatic heterocycles. The number of likely N-dealkylation sites (N-methyl/N-ethyl adjacent to an activating group) is 1. The van der Waals surface area contributed by atoms with Crippen LogP contribution in [0.2, 0.25) is 15.1 Å². The smallest absolute Gasteiger partial charge is 0.244 e. The van der Waals surface area contributed by atoms with E-state index in [0.29, 0.717) is 15.6 Å². The molecule has 0 bridgehead atoms. The van der Waals surface area contributed by atoms with E-state index in [0.717, 1.165) is 10.6 Å². The number of nitrogens with zero attached hydrogens (tertiary/aromatic N) is 2. The molecule has 8 nitrogen and oxygen atoms in total. The van der Waals surface area contributed by atoms with E-state index in [2.05, 4.69) is 5.32 Å². The van der Waals surface area contributed by atoms with Crippen LogP contribution in [-0.2, 0) is 26.2 Å². The molecule has 0 radical (unpaired) electrons. The monoisotopic (exact) mass is 535 g/mol. The van der Waals surface area contributed by atoms with Crippen molar-refractivity contribution in [2.75, 3.05) is 31.3 Å². The Kier molecular flexibility index (Phi) is 9.25. The van der Waals surface area contributed by atoms with Crippen molar-refractivity contribution in [2.24, 2.45) is 0 Å². The molecule has 0 heterocycles. The Bertz CT molecular complexity index is 1140. The number of nitrogens with one attached hydrogen (secondary N) is 1. The number of sulfonamides is 1. The first-order valence-electron chi connectivity index (χ1n) is 9.65. The third-order valence-electron chi connectivity index (χ3n) is 4.86. The fourth-order valence-electron chi connectivity index (χ4n) is 3.08. The lowest BCUT2D eigenvalue weighted by Gasteiger charge is -2.31. The van der Waals surface area contributed by atoms with Gasteiger partial charge < -0.3 is 15.0 Å². The maximum absolute atomic E-state index is 13.4. The second-order valence-electron chi connectivity index (χ2n) is 7.13. The topological polar surface area (TPSA) is 96.0 Å². The van der Waals surface area contributed by atoms with Crippen molar-refractivity contribution in [3.05, 3.63) is 57.0 Å². The second kappa shape index (κ2) is 11.3. The Hall–Kier alpha value is -2.20. The average Bonchev–Trinajstić information content (AvgIpc) is 2.74. The van der Waals surface area contributed by atoms with Crippen LogP contribution < -0.4 is 14.4 Å². The molecule has 12 heteroatoms. The Morgan fingerprint density at radius 1 is 1.09 bits per heavy atom. The van der Waals surface area contributed by atoms with Crippen LogP contribution in [0.1, 0.15) is 12.5 Å². The van der Waals surface area contributed by atoms with Crippen molar-refractivity contribution in [2.45, 2.75) is 19.5 Å². The number of anilines is 1. The highest BCUT2D eigenvalue weighted by atomic mass is 35.5. The number of ether oxygens (including phenoxy) is 1. The van der Waals surface area contributed by atoms with Gasteiger partial charge in [0, 0.05) is 28.7 Å². The fraction of sp³-hybridized carbons (Fsp3) is 0.333. The predicted octanol–water partition coefficient (Wildman–Crippen LogP) is 3.58. The number of amides is 2. The van der Waals surface area contributed by atoms with Gasteiger partial charge >= 0.3 is 0 Å². The van der Waals surface area contributed by atoms with Crippen molar-refractivity contribution in [1.82, 2.24) is 10.2 Å². The van der Waals surface area contributed by atoms with E-state index in [1.807, 2.05) is 0 Å². The number of rotatable bonds is 9. The maximum Gasteiger partial charge on any atom is 0.244 e. The molecule has 1 atom stereocenters. The van der Waals surface area contributed by atoms with Crippen LogP contribution >= 0.6 is 34.8 Å². The molecule has 2 amide bonds. The number of hydrogen-bond acceptors (Lipinski definition) is 5. The molecule has 0 saturated heterocycles. The molecule has 0 saturated carbocycles. The molecule has 0 aromatic heterocycles. The molecule has 2 aromatic carbocycles. The zero-order valence-electron chi connectivity index (χ0n) is 18.4. The van der Waals surface area contributed by atoms with E-state index in [1.165, 1.54) is 50.2 Å². The molecule has 0 aliphatic rings. The molecular weight excluding hydrogens is 513 g/mol. The van der Waals surface area contributed by atoms with E-state index >= 15 is 0 Å². The van der Waals surface area contributed by atoms with Crippen molar-refractivity contribution in [3.63, 3.8) is 0 Å². The van der Waals surface area contributed by atoms with E-state index in [-0.39, 0.29) is 23.0 Å². The summed E-state index contributed by atoms with van der Waals surface area (Å²) in [5, 5.41) is 3.47. The lowest BCUT2D eigenvalue weighted by atomic mass is 10.1. The molecule has 0 aliphatic carbocycles. The summed E-state index contributed by atoms with van der Waals surface area (Å²) >= 11 is 18.3. The molecule has 33 heavy (non-hydrogen) atoms. The van der Waals surface area contributed by atoms with Gasteiger partial charge in [0.05, 0.1) is 19.1 Å². The van der Waals surface area contributed by atoms with Crippen LogP contribution in [0.3, 0.4) is 0 Å². The highest BCUT2D eigenvalue weighted by molar-refractivity contribution is 7.92. The minimum absolute atomic E-state index is 0.0479. The average molecular weight is 537 g/mol. The van der Waals surface area contributed by atoms with Gasteiger partial charge in [-0.1, -0.05) is 40.9 Å². The fourth-order valence-corrected chi connectivity index (χ4v) is 4.56. The number of carbonyl (C=O) groups excluding carboxylic acids is 2. The quantitative estimate of drug-likeness (QED) is 0.528. The van der Waals surface area contributed by atoms with E-state index in [1.54, 1.807) is 12.1 Å². The standard InChI is InChI=1S/C21H24Cl3N3O5S/c1-13(21(29)25-2)26(11-14-5-6-15(22)9-17(14)24)20(28)12-27(33(4,30)31)18-10-16(23)7-8-19(18)32-3/h5-10,13H,11-12H2,1-4H3,(H,25,29). The first-order chi connectivity index (χ1) is 15.4. The Balaban J connectivity index is 2.49. The van der Waals surface area contributed by atoms with E-state index in [4.69, 9.17) is 39.5 Å². The third-order valence-corrected chi connectivity index (χ3v) is 6.81. The van der Waals surface area contributed by atoms with Gasteiger partial charge in [-0.2, -0.15) is 0 Å². The Morgan fingerprint density at radius 3 is 2.24 bits per heavy atom. The molecule has 0 spiro atoms. The van der Waals surface area contributed by atoms with Crippen molar-refractivity contribution in [3.8, 4) is 5.75 Å². The number of halogens is 3. The van der Waals surface area contributed by atoms with Gasteiger partial charge in [-0.05, 0) is 42.8 Å². The summed E-state index contributed by atoms with van der Waals surface area (Å²) in [6.45, 7) is 0.890. The Morgan fingerprint density at radius 2 is 1.70 bits per heavy atom. The van der Waals surface area contributed by atoms with Crippen molar-refractivity contribution in [1.29, 1.82) is 0 Å². The lowest BCUT2D eigenvalue weighted by Crippen LogP contribution is -2.50. The van der Waals surface area contributed by atoms with E-state index in [9.17, 15) is 18.0 Å². The van der Waals surface area contributed by atoms with Crippen LogP contribution in [0.15, 0.2) is 36.4 Å². The zero-order chi connectivity index (χ0) is 24.9. The molecule has 1 N–H and O–H groups in total. The summed E-state index contributed by atoms with van der Waals surface area (Å²) in [4.78, 5) is 27.0. The van der Waals surface area contributed by atoms with Crippen molar-refractivity contribution >= 4 is 62.3 Å². The normalized spacial score (nSPS) is 12.1. The van der Waals surface area contributed by atoms with Crippen LogP contribution in [0, 0.1) is 0 Å². The van der Waals surface area contributed by atoms with Gasteiger partial charge in [0.2, 0.25) is 21.8 Å². The third kappa shape index (κ3) is 6.89. The molecule has 2 aromatic rings. The molecule has 2 rings (SSSR count). The second-order valence-corrected chi connectivity index (χ2v) is 10.3. The van der Waals surface area contributed by atoms with Gasteiger partial charge in [0.25, 0.3) is 0 Å². The number of benzene rings is 2. The van der Waals surface area contributed by atoms with Crippen LogP contribution in [0.5, 0.6) is 5.75 Å². The van der Waals surface area contributed by atoms with Gasteiger partial charge in [0.15, 0.2) is 0 Å². The minimum Gasteiger partial charge on any atom is -0.495 e. The van der Waals surface area contributed by atoms with Crippen LogP contribution in [-0.4, -0.2) is 58.1 Å². The Labute approximate surface area is 208 Å². The number of hydrogen-bond donors (Lipinski definition) is 1. The molecular formula is C21H24Cl3N3O5S. The largest absolute Gasteiger partial charge is 0.495 e. The minimum atomic E-state index is -3.93. The first-order valence-corrected chi connectivity index (χ1v) is 12.6. The number of methoxy groups -OCH3 is 1. The summed E-state index contributed by atoms with van der Waals surface area (Å²) in [6, 6.07) is 8.26. The lowest BCUT2D eigenvalue weighted by molar-refractivity contribution is -0.139. The summed E-state index contributed by atoms with van der Waals surface area (Å²) in [5.41, 5.74) is 0.634. The number of carbonyl (C=O) groups is 2. The summed E-state index contributed by atoms with van der Waals surface area (Å²) in [5.74, 6) is -0.853. The molecule has 180 valence electrons. The van der Waals surface area contributed by atoms with Gasteiger partial charge in [-0.25, -0.2) is 8.42 Å². The highest BCUT2D eigenvalue weighted by Crippen LogP contribution is 2.33. The molecule has 0 fully saturated rings. The summed E-state index contributed by atoms with van der Waals surface area (Å²) in [6.07, 6.45) is 0.962. The van der Waals surface area contributed by atoms with Gasteiger partial charge in [0.1, 0.15) is 18.3 Å². The van der Waals surface area contributed by atoms with Crippen molar-refractivity contribution < 1.29 is 22.7 Å². The SMILES string of the molecule is CNC(=O)C(C)N(Cc1ccc(Cl)cc1Cl)C(=O)CN(c1cc(Cl)ccc1OC)S(C)(=O)=O. The highest BCUT2D eigenvalue weighted by Gasteiger charge is 2.31. The molecule has 1 unspecified atom stereocenters. The summed E-state index contributed by atoms with van der Waals surface area (Å²) < 4.78 is 31.4.